The summed E-state index contributed by atoms with van der Waals surface area (Å²) in [6.45, 7) is 13.2. The van der Waals surface area contributed by atoms with Gasteiger partial charge in [0, 0.05) is 23.9 Å². The average molecular weight is 452 g/mol. The molecular weight excluding hydrogens is 418 g/mol. The van der Waals surface area contributed by atoms with Crippen LogP contribution < -0.4 is 11.1 Å². The Balaban J connectivity index is 1.75. The Bertz CT molecular complexity index is 1080. The van der Waals surface area contributed by atoms with E-state index in [2.05, 4.69) is 64.1 Å². The van der Waals surface area contributed by atoms with Crippen molar-refractivity contribution in [2.45, 2.75) is 65.5 Å². The van der Waals surface area contributed by atoms with Crippen molar-refractivity contribution in [2.75, 3.05) is 5.32 Å². The minimum absolute atomic E-state index is 0.0539. The van der Waals surface area contributed by atoms with Gasteiger partial charge in [-0.3, -0.25) is 0 Å². The lowest BCUT2D eigenvalue weighted by Crippen LogP contribution is -2.18. The van der Waals surface area contributed by atoms with Crippen molar-refractivity contribution in [1.29, 1.82) is 0 Å². The highest BCUT2D eigenvalue weighted by Gasteiger charge is 2.26. The fourth-order valence-corrected chi connectivity index (χ4v) is 3.56. The summed E-state index contributed by atoms with van der Waals surface area (Å²) in [6.07, 6.45) is -0.860. The first kappa shape index (κ1) is 24.2. The maximum Gasteiger partial charge on any atom is 0.404 e. The van der Waals surface area contributed by atoms with Crippen LogP contribution in [0.1, 0.15) is 64.0 Å². The third-order valence-corrected chi connectivity index (χ3v) is 5.38. The summed E-state index contributed by atoms with van der Waals surface area (Å²) in [5, 5.41) is 18.4. The molecule has 0 spiro atoms. The monoisotopic (exact) mass is 451 g/mol. The number of carbonyl (C=O) groups is 1. The van der Waals surface area contributed by atoms with E-state index in [-0.39, 0.29) is 17.4 Å². The van der Waals surface area contributed by atoms with Gasteiger partial charge in [-0.05, 0) is 51.8 Å². The smallest absolute Gasteiger partial charge is 0.404 e. The van der Waals surface area contributed by atoms with Crippen molar-refractivity contribution < 1.29 is 19.2 Å². The molecule has 33 heavy (non-hydrogen) atoms. The van der Waals surface area contributed by atoms with Crippen molar-refractivity contribution in [2.24, 2.45) is 5.73 Å². The number of amides is 1. The van der Waals surface area contributed by atoms with E-state index in [0.29, 0.717) is 23.7 Å². The fraction of sp³-hybridized carbons (Fsp3) is 0.385. The molecule has 7 nitrogen and oxygen atoms in total. The molecule has 176 valence electrons. The Labute approximate surface area is 194 Å². The molecule has 0 atom stereocenters. The molecule has 0 unspecified atom stereocenters. The standard InChI is InChI=1S/C26H33N3O4/c1-25(2,3)20-11-16(12-21(23(20)30)26(4,5)6)14-28-18-9-7-17(8-10-18)22-13-19(33-29-22)15-32-24(27)31/h7-13,28,30H,14-15H2,1-6H3,(H2,27,31). The van der Waals surface area contributed by atoms with Crippen LogP contribution in [0, 0.1) is 0 Å². The van der Waals surface area contributed by atoms with E-state index < -0.39 is 6.09 Å². The number of primary amides is 1. The molecule has 7 heteroatoms. The molecule has 3 rings (SSSR count). The lowest BCUT2D eigenvalue weighted by molar-refractivity contribution is 0.137. The molecule has 0 aliphatic rings. The second kappa shape index (κ2) is 9.17. The predicted molar refractivity (Wildman–Crippen MR) is 129 cm³/mol. The van der Waals surface area contributed by atoms with Crippen molar-refractivity contribution >= 4 is 11.8 Å². The summed E-state index contributed by atoms with van der Waals surface area (Å²) in [5.74, 6) is 0.805. The molecule has 0 saturated carbocycles. The molecule has 0 bridgehead atoms. The first-order chi connectivity index (χ1) is 15.3. The molecule has 0 saturated heterocycles. The highest BCUT2D eigenvalue weighted by Crippen LogP contribution is 2.40. The van der Waals surface area contributed by atoms with Gasteiger partial charge in [-0.1, -0.05) is 58.8 Å². The number of nitrogens with one attached hydrogen (secondary N) is 1. The number of benzene rings is 2. The summed E-state index contributed by atoms with van der Waals surface area (Å²) in [6, 6.07) is 13.7. The maximum atomic E-state index is 10.9. The molecule has 1 heterocycles. The van der Waals surface area contributed by atoms with E-state index in [1.54, 1.807) is 6.07 Å². The van der Waals surface area contributed by atoms with Crippen molar-refractivity contribution in [3.8, 4) is 17.0 Å². The molecule has 2 aromatic carbocycles. The van der Waals surface area contributed by atoms with Gasteiger partial charge in [-0.2, -0.15) is 0 Å². The number of phenolic OH excluding ortho intramolecular Hbond substituents is 1. The minimum atomic E-state index is -0.860. The number of aromatic nitrogens is 1. The van der Waals surface area contributed by atoms with Crippen LogP contribution in [0.2, 0.25) is 0 Å². The molecule has 3 aromatic rings. The Kier molecular flexibility index (Phi) is 6.72. The second-order valence-corrected chi connectivity index (χ2v) is 10.3. The number of aromatic hydroxyl groups is 1. The highest BCUT2D eigenvalue weighted by molar-refractivity contribution is 5.65. The number of rotatable bonds is 6. The van der Waals surface area contributed by atoms with E-state index in [4.69, 9.17) is 15.0 Å². The maximum absolute atomic E-state index is 10.9. The molecule has 4 N–H and O–H groups in total. The van der Waals surface area contributed by atoms with E-state index in [1.807, 2.05) is 24.3 Å². The Morgan fingerprint density at radius 1 is 1.03 bits per heavy atom. The summed E-state index contributed by atoms with van der Waals surface area (Å²) in [7, 11) is 0. The Morgan fingerprint density at radius 2 is 1.61 bits per heavy atom. The molecule has 1 amide bonds. The quantitative estimate of drug-likeness (QED) is 0.433. The van der Waals surface area contributed by atoms with Crippen LogP contribution in [-0.4, -0.2) is 16.4 Å². The topological polar surface area (TPSA) is 111 Å². The Hall–Kier alpha value is -3.48. The number of ether oxygens (including phenoxy) is 1. The zero-order valence-corrected chi connectivity index (χ0v) is 20.2. The van der Waals surface area contributed by atoms with Gasteiger partial charge in [0.2, 0.25) is 0 Å². The van der Waals surface area contributed by atoms with Crippen molar-refractivity contribution in [3.05, 3.63) is 64.9 Å². The van der Waals surface area contributed by atoms with Crippen LogP contribution in [0.4, 0.5) is 10.5 Å². The predicted octanol–water partition coefficient (Wildman–Crippen LogP) is 5.85. The zero-order chi connectivity index (χ0) is 24.4. The molecule has 0 radical (unpaired) electrons. The average Bonchev–Trinajstić information content (AvgIpc) is 3.19. The van der Waals surface area contributed by atoms with Gasteiger partial charge >= 0.3 is 6.09 Å². The third kappa shape index (κ3) is 6.06. The minimum Gasteiger partial charge on any atom is -0.507 e. The number of carbonyl (C=O) groups excluding carboxylic acids is 1. The molecule has 0 fully saturated rings. The largest absolute Gasteiger partial charge is 0.507 e. The number of nitrogens with two attached hydrogens (primary N) is 1. The molecule has 0 aliphatic carbocycles. The lowest BCUT2D eigenvalue weighted by Gasteiger charge is -2.28. The summed E-state index contributed by atoms with van der Waals surface area (Å²) in [5.41, 5.74) is 10.1. The van der Waals surface area contributed by atoms with Gasteiger partial charge in [0.15, 0.2) is 12.4 Å². The van der Waals surface area contributed by atoms with Crippen LogP contribution in [-0.2, 0) is 28.7 Å². The number of hydrogen-bond acceptors (Lipinski definition) is 6. The van der Waals surface area contributed by atoms with E-state index in [1.165, 1.54) is 0 Å². The number of hydrogen-bond donors (Lipinski definition) is 3. The first-order valence-corrected chi connectivity index (χ1v) is 10.9. The van der Waals surface area contributed by atoms with Crippen LogP contribution in [0.3, 0.4) is 0 Å². The van der Waals surface area contributed by atoms with Crippen LogP contribution >= 0.6 is 0 Å². The van der Waals surface area contributed by atoms with Crippen molar-refractivity contribution in [1.82, 2.24) is 5.16 Å². The summed E-state index contributed by atoms with van der Waals surface area (Å²) in [4.78, 5) is 10.7. The van der Waals surface area contributed by atoms with Gasteiger partial charge < -0.3 is 25.4 Å². The van der Waals surface area contributed by atoms with Gasteiger partial charge in [-0.15, -0.1) is 0 Å². The van der Waals surface area contributed by atoms with Crippen LogP contribution in [0.15, 0.2) is 47.0 Å². The second-order valence-electron chi connectivity index (χ2n) is 10.3. The molecule has 1 aromatic heterocycles. The molecular formula is C26H33N3O4. The first-order valence-electron chi connectivity index (χ1n) is 10.9. The van der Waals surface area contributed by atoms with Gasteiger partial charge in [0.25, 0.3) is 0 Å². The summed E-state index contributed by atoms with van der Waals surface area (Å²) < 4.78 is 9.89. The van der Waals surface area contributed by atoms with Crippen LogP contribution in [0.5, 0.6) is 5.75 Å². The lowest BCUT2D eigenvalue weighted by atomic mass is 9.78. The zero-order valence-electron chi connectivity index (χ0n) is 20.2. The SMILES string of the molecule is CC(C)(C)c1cc(CNc2ccc(-c3cc(COC(N)=O)on3)cc2)cc(C(C)(C)C)c1O. The summed E-state index contributed by atoms with van der Waals surface area (Å²) >= 11 is 0. The normalized spacial score (nSPS) is 11.9. The number of anilines is 1. The van der Waals surface area contributed by atoms with Crippen molar-refractivity contribution in [3.63, 3.8) is 0 Å². The van der Waals surface area contributed by atoms with E-state index >= 15 is 0 Å². The van der Waals surface area contributed by atoms with E-state index in [9.17, 15) is 9.90 Å². The molecule has 0 aliphatic heterocycles. The fourth-order valence-electron chi connectivity index (χ4n) is 3.56. The van der Waals surface area contributed by atoms with Gasteiger partial charge in [0.1, 0.15) is 11.4 Å². The third-order valence-electron chi connectivity index (χ3n) is 5.38. The Morgan fingerprint density at radius 3 is 2.12 bits per heavy atom. The highest BCUT2D eigenvalue weighted by atomic mass is 16.6. The van der Waals surface area contributed by atoms with E-state index in [0.717, 1.165) is 27.9 Å². The number of phenols is 1. The van der Waals surface area contributed by atoms with Gasteiger partial charge in [-0.25, -0.2) is 4.79 Å². The van der Waals surface area contributed by atoms with Crippen LogP contribution in [0.25, 0.3) is 11.3 Å². The number of nitrogens with zero attached hydrogens (tertiary/aromatic N) is 1. The van der Waals surface area contributed by atoms with Gasteiger partial charge in [0.05, 0.1) is 0 Å².